The van der Waals surface area contributed by atoms with Crippen LogP contribution in [0.2, 0.25) is 10.0 Å². The van der Waals surface area contributed by atoms with E-state index in [-0.39, 0.29) is 13.2 Å². The summed E-state index contributed by atoms with van der Waals surface area (Å²) in [4.78, 5) is 11.7. The summed E-state index contributed by atoms with van der Waals surface area (Å²) in [6, 6.07) is 12.3. The number of halogens is 3. The Morgan fingerprint density at radius 2 is 1.68 bits per heavy atom. The molecular formula is C15H12BrCl2NO3. The fourth-order valence-corrected chi connectivity index (χ4v) is 2.34. The third-order valence-electron chi connectivity index (χ3n) is 2.59. The average Bonchev–Trinajstić information content (AvgIpc) is 2.49. The van der Waals surface area contributed by atoms with Crippen LogP contribution in [0, 0.1) is 0 Å². The van der Waals surface area contributed by atoms with Gasteiger partial charge in [0.15, 0.2) is 0 Å². The molecular weight excluding hydrogens is 393 g/mol. The molecule has 0 aliphatic rings. The zero-order chi connectivity index (χ0) is 15.9. The first-order chi connectivity index (χ1) is 10.6. The topological polar surface area (TPSA) is 47.6 Å². The molecule has 0 aromatic heterocycles. The Hall–Kier alpha value is -1.43. The van der Waals surface area contributed by atoms with Gasteiger partial charge in [-0.25, -0.2) is 4.79 Å². The van der Waals surface area contributed by atoms with Crippen LogP contribution in [0.15, 0.2) is 46.9 Å². The zero-order valence-electron chi connectivity index (χ0n) is 11.3. The summed E-state index contributed by atoms with van der Waals surface area (Å²) in [6.07, 6.45) is -0.644. The Bertz CT molecular complexity index is 629. The molecule has 0 fully saturated rings. The second-order valence-corrected chi connectivity index (χ2v) is 5.89. The molecule has 0 radical (unpaired) electrons. The van der Waals surface area contributed by atoms with E-state index in [1.165, 1.54) is 0 Å². The number of amides is 1. The molecule has 0 saturated carbocycles. The number of carbonyl (C=O) groups excluding carboxylic acids is 1. The van der Waals surface area contributed by atoms with Crippen LogP contribution < -0.4 is 10.1 Å². The number of hydrogen-bond acceptors (Lipinski definition) is 3. The maximum Gasteiger partial charge on any atom is 0.411 e. The number of ether oxygens (including phenoxy) is 2. The van der Waals surface area contributed by atoms with Crippen molar-refractivity contribution in [1.82, 2.24) is 0 Å². The largest absolute Gasteiger partial charge is 0.490 e. The zero-order valence-corrected chi connectivity index (χ0v) is 14.4. The molecule has 0 atom stereocenters. The van der Waals surface area contributed by atoms with Gasteiger partial charge >= 0.3 is 6.09 Å². The Morgan fingerprint density at radius 3 is 2.32 bits per heavy atom. The smallest absolute Gasteiger partial charge is 0.411 e. The lowest BCUT2D eigenvalue weighted by Gasteiger charge is -2.10. The van der Waals surface area contributed by atoms with Gasteiger partial charge in [0.05, 0.1) is 15.7 Å². The lowest BCUT2D eigenvalue weighted by Crippen LogP contribution is -2.18. The van der Waals surface area contributed by atoms with E-state index in [1.54, 1.807) is 18.2 Å². The van der Waals surface area contributed by atoms with Crippen molar-refractivity contribution in [2.45, 2.75) is 0 Å². The van der Waals surface area contributed by atoms with E-state index >= 15 is 0 Å². The maximum absolute atomic E-state index is 11.7. The number of nitrogens with one attached hydrogen (secondary N) is 1. The van der Waals surface area contributed by atoms with Crippen LogP contribution in [0.5, 0.6) is 5.75 Å². The van der Waals surface area contributed by atoms with Crippen molar-refractivity contribution in [2.75, 3.05) is 18.5 Å². The molecule has 116 valence electrons. The van der Waals surface area contributed by atoms with E-state index < -0.39 is 6.09 Å². The van der Waals surface area contributed by atoms with Gasteiger partial charge in [-0.2, -0.15) is 0 Å². The van der Waals surface area contributed by atoms with Crippen LogP contribution in [0.3, 0.4) is 0 Å². The van der Waals surface area contributed by atoms with Crippen molar-refractivity contribution in [1.29, 1.82) is 0 Å². The Kier molecular flexibility index (Phi) is 6.36. The van der Waals surface area contributed by atoms with Gasteiger partial charge in [0.1, 0.15) is 19.0 Å². The molecule has 2 rings (SSSR count). The third-order valence-corrected chi connectivity index (χ3v) is 3.75. The van der Waals surface area contributed by atoms with Crippen molar-refractivity contribution < 1.29 is 14.3 Å². The molecule has 0 aliphatic heterocycles. The SMILES string of the molecule is O=C(Nc1c(Cl)cccc1Cl)OCCOc1ccc(Br)cc1. The summed E-state index contributed by atoms with van der Waals surface area (Å²) in [7, 11) is 0. The second kappa shape index (κ2) is 8.27. The van der Waals surface area contributed by atoms with Gasteiger partial charge in [-0.1, -0.05) is 45.2 Å². The number of anilines is 1. The summed E-state index contributed by atoms with van der Waals surface area (Å²) < 4.78 is 11.4. The van der Waals surface area contributed by atoms with Crippen LogP contribution in [-0.4, -0.2) is 19.3 Å². The van der Waals surface area contributed by atoms with E-state index in [0.717, 1.165) is 4.47 Å². The predicted octanol–water partition coefficient (Wildman–Crippen LogP) is 5.38. The van der Waals surface area contributed by atoms with Gasteiger partial charge in [-0.15, -0.1) is 0 Å². The number of para-hydroxylation sites is 1. The molecule has 1 N–H and O–H groups in total. The number of rotatable bonds is 5. The van der Waals surface area contributed by atoms with Crippen LogP contribution in [-0.2, 0) is 4.74 Å². The second-order valence-electron chi connectivity index (χ2n) is 4.16. The highest BCUT2D eigenvalue weighted by molar-refractivity contribution is 9.10. The van der Waals surface area contributed by atoms with Crippen LogP contribution in [0.25, 0.3) is 0 Å². The van der Waals surface area contributed by atoms with Crippen molar-refractivity contribution in [3.63, 3.8) is 0 Å². The molecule has 4 nitrogen and oxygen atoms in total. The maximum atomic E-state index is 11.7. The highest BCUT2D eigenvalue weighted by Gasteiger charge is 2.10. The van der Waals surface area contributed by atoms with Crippen LogP contribution in [0.4, 0.5) is 10.5 Å². The minimum Gasteiger partial charge on any atom is -0.490 e. The van der Waals surface area contributed by atoms with Crippen LogP contribution >= 0.6 is 39.1 Å². The molecule has 2 aromatic rings. The van der Waals surface area contributed by atoms with E-state index in [9.17, 15) is 4.79 Å². The highest BCUT2D eigenvalue weighted by Crippen LogP contribution is 2.29. The van der Waals surface area contributed by atoms with Crippen molar-refractivity contribution in [2.24, 2.45) is 0 Å². The molecule has 0 spiro atoms. The minimum atomic E-state index is -0.644. The Balaban J connectivity index is 1.75. The first-order valence-corrected chi connectivity index (χ1v) is 7.87. The molecule has 1 amide bonds. The lowest BCUT2D eigenvalue weighted by molar-refractivity contribution is 0.138. The normalized spacial score (nSPS) is 10.1. The quantitative estimate of drug-likeness (QED) is 0.680. The summed E-state index contributed by atoms with van der Waals surface area (Å²) >= 11 is 15.2. The summed E-state index contributed by atoms with van der Waals surface area (Å²) in [5.74, 6) is 0.696. The Morgan fingerprint density at radius 1 is 1.05 bits per heavy atom. The van der Waals surface area contributed by atoms with Crippen LogP contribution in [0.1, 0.15) is 0 Å². The molecule has 22 heavy (non-hydrogen) atoms. The van der Waals surface area contributed by atoms with Gasteiger partial charge in [-0.3, -0.25) is 5.32 Å². The average molecular weight is 405 g/mol. The van der Waals surface area contributed by atoms with E-state index in [2.05, 4.69) is 21.2 Å². The molecule has 0 saturated heterocycles. The van der Waals surface area contributed by atoms with Gasteiger partial charge in [0.25, 0.3) is 0 Å². The van der Waals surface area contributed by atoms with E-state index in [1.807, 2.05) is 24.3 Å². The molecule has 0 heterocycles. The Labute approximate surface area is 146 Å². The monoisotopic (exact) mass is 403 g/mol. The van der Waals surface area contributed by atoms with Gasteiger partial charge in [0.2, 0.25) is 0 Å². The first-order valence-electron chi connectivity index (χ1n) is 6.32. The molecule has 7 heteroatoms. The fourth-order valence-electron chi connectivity index (χ4n) is 1.58. The number of carbonyl (C=O) groups is 1. The first kappa shape index (κ1) is 16.9. The van der Waals surface area contributed by atoms with Gasteiger partial charge < -0.3 is 9.47 Å². The van der Waals surface area contributed by atoms with E-state index in [4.69, 9.17) is 32.7 Å². The van der Waals surface area contributed by atoms with Crippen molar-refractivity contribution >= 4 is 50.9 Å². The predicted molar refractivity (Wildman–Crippen MR) is 91.1 cm³/mol. The molecule has 2 aromatic carbocycles. The molecule has 0 bridgehead atoms. The van der Waals surface area contributed by atoms with E-state index in [0.29, 0.717) is 21.5 Å². The van der Waals surface area contributed by atoms with Crippen molar-refractivity contribution in [3.8, 4) is 5.75 Å². The minimum absolute atomic E-state index is 0.101. The molecule has 0 unspecified atom stereocenters. The number of hydrogen-bond donors (Lipinski definition) is 1. The standard InChI is InChI=1S/C15H12BrCl2NO3/c16-10-4-6-11(7-5-10)21-8-9-22-15(20)19-14-12(17)2-1-3-13(14)18/h1-7H,8-9H2,(H,19,20). The molecule has 0 aliphatic carbocycles. The summed E-state index contributed by atoms with van der Waals surface area (Å²) in [5.41, 5.74) is 0.324. The number of benzene rings is 2. The lowest BCUT2D eigenvalue weighted by atomic mass is 10.3. The van der Waals surface area contributed by atoms with Crippen molar-refractivity contribution in [3.05, 3.63) is 57.0 Å². The summed E-state index contributed by atoms with van der Waals surface area (Å²) in [5, 5.41) is 3.18. The fraction of sp³-hybridized carbons (Fsp3) is 0.133. The highest BCUT2D eigenvalue weighted by atomic mass is 79.9. The summed E-state index contributed by atoms with van der Waals surface area (Å²) in [6.45, 7) is 0.343. The third kappa shape index (κ3) is 5.09. The van der Waals surface area contributed by atoms with Gasteiger partial charge in [-0.05, 0) is 36.4 Å². The van der Waals surface area contributed by atoms with Gasteiger partial charge in [0, 0.05) is 4.47 Å².